The average Bonchev–Trinajstić information content (AvgIpc) is 3.36. The number of nitrogens with zero attached hydrogens (tertiary/aromatic N) is 5. The van der Waals surface area contributed by atoms with Crippen LogP contribution < -0.4 is 15.9 Å². The maximum absolute atomic E-state index is 13.3. The second kappa shape index (κ2) is 12.4. The smallest absolute Gasteiger partial charge is 0.350 e. The first-order valence-electron chi connectivity index (χ1n) is 13.5. The van der Waals surface area contributed by atoms with Crippen LogP contribution in [0.3, 0.4) is 0 Å². The van der Waals surface area contributed by atoms with Gasteiger partial charge in [-0.15, -0.1) is 0 Å². The molecule has 2 N–H and O–H groups in total. The molecule has 9 nitrogen and oxygen atoms in total. The normalized spacial score (nSPS) is 15.0. The number of aryl methyl sites for hydroxylation is 1. The molecule has 5 rings (SSSR count). The van der Waals surface area contributed by atoms with Gasteiger partial charge >= 0.3 is 11.7 Å². The van der Waals surface area contributed by atoms with Crippen LogP contribution in [0, 0.1) is 6.92 Å². The van der Waals surface area contributed by atoms with E-state index >= 15 is 0 Å². The molecule has 1 aliphatic rings. The molecule has 2 heterocycles. The molecule has 3 aromatic carbocycles. The SMILES string of the molecule is CCC(C(O)c1ccc(C)cc1)n1ncn(-c2ccc(N3CCN(C(=O)Nc4c(Cl)cccc4Cl)CC3)cc2)c1=O. The number of carbonyl (C=O) groups is 1. The zero-order valence-corrected chi connectivity index (χ0v) is 24.4. The van der Waals surface area contributed by atoms with Crippen molar-refractivity contribution in [1.29, 1.82) is 0 Å². The number of aliphatic hydroxyl groups excluding tert-OH is 1. The molecule has 4 aromatic rings. The highest BCUT2D eigenvalue weighted by molar-refractivity contribution is 6.39. The summed E-state index contributed by atoms with van der Waals surface area (Å²) < 4.78 is 2.84. The Labute approximate surface area is 248 Å². The van der Waals surface area contributed by atoms with Gasteiger partial charge in [-0.2, -0.15) is 5.10 Å². The van der Waals surface area contributed by atoms with Gasteiger partial charge < -0.3 is 20.2 Å². The van der Waals surface area contributed by atoms with Crippen molar-refractivity contribution >= 4 is 40.6 Å². The molecule has 41 heavy (non-hydrogen) atoms. The molecular formula is C30H32Cl2N6O3. The number of benzene rings is 3. The zero-order valence-electron chi connectivity index (χ0n) is 22.9. The molecule has 1 fully saturated rings. The predicted molar refractivity (Wildman–Crippen MR) is 163 cm³/mol. The Kier molecular flexibility index (Phi) is 8.68. The van der Waals surface area contributed by atoms with Crippen LogP contribution in [-0.2, 0) is 0 Å². The lowest BCUT2D eigenvalue weighted by Gasteiger charge is -2.36. The maximum atomic E-state index is 13.3. The monoisotopic (exact) mass is 594 g/mol. The number of nitrogens with one attached hydrogen (secondary N) is 1. The largest absolute Gasteiger partial charge is 0.386 e. The number of hydrogen-bond donors (Lipinski definition) is 2. The Morgan fingerprint density at radius 2 is 1.56 bits per heavy atom. The predicted octanol–water partition coefficient (Wildman–Crippen LogP) is 5.69. The van der Waals surface area contributed by atoms with Crippen molar-refractivity contribution in [3.8, 4) is 5.69 Å². The Bertz CT molecular complexity index is 1540. The van der Waals surface area contributed by atoms with E-state index in [2.05, 4.69) is 15.3 Å². The number of para-hydroxylation sites is 1. The second-order valence-electron chi connectivity index (χ2n) is 10.1. The topological polar surface area (TPSA) is 95.6 Å². The molecule has 1 aromatic heterocycles. The second-order valence-corrected chi connectivity index (χ2v) is 10.9. The van der Waals surface area contributed by atoms with Crippen LogP contribution in [0.15, 0.2) is 77.9 Å². The maximum Gasteiger partial charge on any atom is 0.350 e. The summed E-state index contributed by atoms with van der Waals surface area (Å²) in [6.07, 6.45) is 1.18. The number of halogens is 2. The third kappa shape index (κ3) is 6.12. The third-order valence-electron chi connectivity index (χ3n) is 7.46. The van der Waals surface area contributed by atoms with Gasteiger partial charge in [-0.1, -0.05) is 66.0 Å². The molecule has 1 saturated heterocycles. The highest BCUT2D eigenvalue weighted by Gasteiger charge is 2.26. The molecule has 2 amide bonds. The third-order valence-corrected chi connectivity index (χ3v) is 8.09. The number of piperazine rings is 1. The minimum absolute atomic E-state index is 0.246. The minimum atomic E-state index is -0.855. The van der Waals surface area contributed by atoms with Crippen LogP contribution in [0.25, 0.3) is 5.69 Å². The number of rotatable bonds is 7. The summed E-state index contributed by atoms with van der Waals surface area (Å²) in [4.78, 5) is 30.0. The van der Waals surface area contributed by atoms with E-state index in [1.165, 1.54) is 15.6 Å². The van der Waals surface area contributed by atoms with Crippen LogP contribution in [0.5, 0.6) is 0 Å². The van der Waals surface area contributed by atoms with Gasteiger partial charge in [0.2, 0.25) is 0 Å². The summed E-state index contributed by atoms with van der Waals surface area (Å²) in [5.74, 6) is 0. The van der Waals surface area contributed by atoms with E-state index in [9.17, 15) is 14.7 Å². The zero-order chi connectivity index (χ0) is 29.1. The fourth-order valence-electron chi connectivity index (χ4n) is 5.03. The van der Waals surface area contributed by atoms with Crippen molar-refractivity contribution in [2.75, 3.05) is 36.4 Å². The van der Waals surface area contributed by atoms with E-state index < -0.39 is 12.1 Å². The van der Waals surface area contributed by atoms with E-state index in [0.717, 1.165) is 16.8 Å². The number of carbonyl (C=O) groups excluding carboxylic acids is 1. The summed E-state index contributed by atoms with van der Waals surface area (Å²) in [7, 11) is 0. The molecule has 0 saturated carbocycles. The van der Waals surface area contributed by atoms with Crippen LogP contribution in [-0.4, -0.2) is 56.6 Å². The minimum Gasteiger partial charge on any atom is -0.386 e. The first kappa shape index (κ1) is 28.7. The fourth-order valence-corrected chi connectivity index (χ4v) is 5.52. The highest BCUT2D eigenvalue weighted by atomic mass is 35.5. The lowest BCUT2D eigenvalue weighted by Crippen LogP contribution is -2.50. The van der Waals surface area contributed by atoms with Gasteiger partial charge in [0.05, 0.1) is 27.5 Å². The van der Waals surface area contributed by atoms with Crippen LogP contribution in [0.2, 0.25) is 10.0 Å². The summed E-state index contributed by atoms with van der Waals surface area (Å²) in [6.45, 7) is 6.28. The van der Waals surface area contributed by atoms with E-state index in [1.54, 1.807) is 23.1 Å². The van der Waals surface area contributed by atoms with Gasteiger partial charge in [0.15, 0.2) is 0 Å². The van der Waals surface area contributed by atoms with Crippen molar-refractivity contribution in [3.05, 3.63) is 105 Å². The van der Waals surface area contributed by atoms with Crippen molar-refractivity contribution < 1.29 is 9.90 Å². The van der Waals surface area contributed by atoms with Gasteiger partial charge in [0.25, 0.3) is 0 Å². The van der Waals surface area contributed by atoms with E-state index in [0.29, 0.717) is 54.0 Å². The fraction of sp³-hybridized carbons (Fsp3) is 0.300. The Balaban J connectivity index is 1.23. The van der Waals surface area contributed by atoms with Crippen molar-refractivity contribution in [3.63, 3.8) is 0 Å². The Morgan fingerprint density at radius 1 is 0.951 bits per heavy atom. The lowest BCUT2D eigenvalue weighted by atomic mass is 9.99. The van der Waals surface area contributed by atoms with Gasteiger partial charge in [0.1, 0.15) is 12.4 Å². The molecule has 2 atom stereocenters. The number of aromatic nitrogens is 3. The Morgan fingerprint density at radius 3 is 2.17 bits per heavy atom. The van der Waals surface area contributed by atoms with Crippen LogP contribution in [0.1, 0.15) is 36.6 Å². The van der Waals surface area contributed by atoms with E-state index in [1.807, 2.05) is 62.4 Å². The number of anilines is 2. The molecule has 0 aliphatic carbocycles. The molecular weight excluding hydrogens is 563 g/mol. The van der Waals surface area contributed by atoms with E-state index in [4.69, 9.17) is 23.2 Å². The molecule has 2 unspecified atom stereocenters. The molecule has 0 bridgehead atoms. The van der Waals surface area contributed by atoms with Gasteiger partial charge in [-0.3, -0.25) is 0 Å². The van der Waals surface area contributed by atoms with Crippen molar-refractivity contribution in [2.24, 2.45) is 0 Å². The summed E-state index contributed by atoms with van der Waals surface area (Å²) >= 11 is 12.4. The van der Waals surface area contributed by atoms with Crippen LogP contribution in [0.4, 0.5) is 16.2 Å². The van der Waals surface area contributed by atoms with Crippen LogP contribution >= 0.6 is 23.2 Å². The summed E-state index contributed by atoms with van der Waals surface area (Å²) in [5, 5.41) is 18.9. The first-order chi connectivity index (χ1) is 19.8. The molecule has 0 radical (unpaired) electrons. The van der Waals surface area contributed by atoms with E-state index in [-0.39, 0.29) is 11.7 Å². The van der Waals surface area contributed by atoms with Gasteiger partial charge in [-0.25, -0.2) is 18.8 Å². The van der Waals surface area contributed by atoms with Gasteiger partial charge in [-0.05, 0) is 55.3 Å². The summed E-state index contributed by atoms with van der Waals surface area (Å²) in [5.41, 5.74) is 3.62. The summed E-state index contributed by atoms with van der Waals surface area (Å²) in [6, 6.07) is 19.7. The van der Waals surface area contributed by atoms with Gasteiger partial charge in [0, 0.05) is 31.9 Å². The quantitative estimate of drug-likeness (QED) is 0.286. The highest BCUT2D eigenvalue weighted by Crippen LogP contribution is 2.30. The lowest BCUT2D eigenvalue weighted by molar-refractivity contribution is 0.101. The van der Waals surface area contributed by atoms with Crippen molar-refractivity contribution in [2.45, 2.75) is 32.4 Å². The molecule has 0 spiro atoms. The molecule has 1 aliphatic heterocycles. The average molecular weight is 596 g/mol. The molecule has 214 valence electrons. The van der Waals surface area contributed by atoms with Crippen molar-refractivity contribution in [1.82, 2.24) is 19.2 Å². The number of aliphatic hydroxyl groups is 1. The number of amides is 2. The standard InChI is InChI=1S/C30H32Cl2N6O3/c1-3-26(28(39)21-9-7-20(2)8-10-21)38-30(41)37(19-33-38)23-13-11-22(12-14-23)35-15-17-36(18-16-35)29(40)34-27-24(31)5-4-6-25(27)32/h4-14,19,26,28,39H,3,15-18H2,1-2H3,(H,34,40). The number of hydrogen-bond acceptors (Lipinski definition) is 5. The first-order valence-corrected chi connectivity index (χ1v) is 14.3. The number of urea groups is 1. The molecule has 11 heteroatoms. The Hall–Kier alpha value is -3.79.